The number of rotatable bonds is 3. The van der Waals surface area contributed by atoms with Gasteiger partial charge < -0.3 is 9.84 Å². The number of aliphatic hydroxyl groups excluding tert-OH is 1. The second kappa shape index (κ2) is 7.59. The van der Waals surface area contributed by atoms with Crippen molar-refractivity contribution in [3.05, 3.63) is 82.3 Å². The lowest BCUT2D eigenvalue weighted by Crippen LogP contribution is -2.39. The highest BCUT2D eigenvalue weighted by Crippen LogP contribution is 2.27. The summed E-state index contributed by atoms with van der Waals surface area (Å²) in [7, 11) is 0. The van der Waals surface area contributed by atoms with Crippen LogP contribution in [0.5, 0.6) is 0 Å². The molecular formula is C23H20FN3O3. The number of hydrogen-bond donors (Lipinski definition) is 1. The van der Waals surface area contributed by atoms with Crippen molar-refractivity contribution in [2.45, 2.75) is 25.0 Å². The maximum absolute atomic E-state index is 13.4. The smallest absolute Gasteiger partial charge is 0.261 e. The minimum Gasteiger partial charge on any atom is -0.389 e. The fourth-order valence-corrected chi connectivity index (χ4v) is 4.15. The minimum absolute atomic E-state index is 0.199. The SMILES string of the molecule is O=c1c2cc(Cc3ccc(F)cc3)c3cccnc3c2ncn1[C@H]1CCOC[C@@H]1O. The first-order chi connectivity index (χ1) is 14.6. The average molecular weight is 405 g/mol. The summed E-state index contributed by atoms with van der Waals surface area (Å²) in [5.74, 6) is -0.286. The molecule has 1 N–H and O–H groups in total. The van der Waals surface area contributed by atoms with Gasteiger partial charge in [-0.1, -0.05) is 18.2 Å². The van der Waals surface area contributed by atoms with Gasteiger partial charge in [0.05, 0.1) is 36.0 Å². The topological polar surface area (TPSA) is 77.2 Å². The highest BCUT2D eigenvalue weighted by molar-refractivity contribution is 6.04. The quantitative estimate of drug-likeness (QED) is 0.530. The molecule has 0 radical (unpaired) electrons. The van der Waals surface area contributed by atoms with Gasteiger partial charge in [0.1, 0.15) is 11.3 Å². The molecule has 0 spiro atoms. The molecule has 4 aromatic rings. The zero-order valence-electron chi connectivity index (χ0n) is 16.2. The zero-order valence-corrected chi connectivity index (χ0v) is 16.2. The normalized spacial score (nSPS) is 19.4. The van der Waals surface area contributed by atoms with Crippen LogP contribution in [0.15, 0.2) is 59.8 Å². The highest BCUT2D eigenvalue weighted by atomic mass is 19.1. The Balaban J connectivity index is 1.70. The third-order valence-electron chi connectivity index (χ3n) is 5.68. The maximum Gasteiger partial charge on any atom is 0.261 e. The third kappa shape index (κ3) is 3.26. The van der Waals surface area contributed by atoms with Crippen LogP contribution < -0.4 is 5.56 Å². The van der Waals surface area contributed by atoms with Crippen LogP contribution in [0.4, 0.5) is 4.39 Å². The van der Waals surface area contributed by atoms with Gasteiger partial charge in [-0.3, -0.25) is 14.3 Å². The van der Waals surface area contributed by atoms with Gasteiger partial charge in [0, 0.05) is 18.2 Å². The van der Waals surface area contributed by atoms with Crippen molar-refractivity contribution in [2.75, 3.05) is 13.2 Å². The average Bonchev–Trinajstić information content (AvgIpc) is 2.77. The van der Waals surface area contributed by atoms with Gasteiger partial charge in [-0.15, -0.1) is 0 Å². The van der Waals surface area contributed by atoms with E-state index in [-0.39, 0.29) is 24.0 Å². The molecule has 1 fully saturated rings. The van der Waals surface area contributed by atoms with Crippen molar-refractivity contribution < 1.29 is 14.2 Å². The Labute approximate surface area is 171 Å². The highest BCUT2D eigenvalue weighted by Gasteiger charge is 2.27. The Morgan fingerprint density at radius 1 is 1.13 bits per heavy atom. The molecule has 0 unspecified atom stereocenters. The van der Waals surface area contributed by atoms with Crippen LogP contribution >= 0.6 is 0 Å². The number of aromatic nitrogens is 3. The van der Waals surface area contributed by atoms with E-state index in [1.54, 1.807) is 18.3 Å². The fourth-order valence-electron chi connectivity index (χ4n) is 4.15. The molecule has 0 aliphatic carbocycles. The van der Waals surface area contributed by atoms with Crippen LogP contribution in [0.1, 0.15) is 23.6 Å². The summed E-state index contributed by atoms with van der Waals surface area (Å²) in [4.78, 5) is 22.4. The Morgan fingerprint density at radius 2 is 1.93 bits per heavy atom. The second-order valence-corrected chi connectivity index (χ2v) is 7.59. The first-order valence-electron chi connectivity index (χ1n) is 9.89. The number of nitrogens with zero attached hydrogens (tertiary/aromatic N) is 3. The van der Waals surface area contributed by atoms with Crippen molar-refractivity contribution in [3.8, 4) is 0 Å². The molecule has 2 aromatic carbocycles. The van der Waals surface area contributed by atoms with Crippen LogP contribution in [0.25, 0.3) is 21.8 Å². The predicted octanol–water partition coefficient (Wildman–Crippen LogP) is 3.00. The van der Waals surface area contributed by atoms with E-state index in [1.807, 2.05) is 18.2 Å². The summed E-state index contributed by atoms with van der Waals surface area (Å²) >= 11 is 0. The molecule has 152 valence electrons. The van der Waals surface area contributed by atoms with Gasteiger partial charge >= 0.3 is 0 Å². The molecule has 2 aromatic heterocycles. The van der Waals surface area contributed by atoms with E-state index in [2.05, 4.69) is 9.97 Å². The van der Waals surface area contributed by atoms with Crippen LogP contribution in [0.3, 0.4) is 0 Å². The van der Waals surface area contributed by atoms with Gasteiger partial charge in [-0.05, 0) is 48.2 Å². The number of aliphatic hydroxyl groups is 1. The van der Waals surface area contributed by atoms with Crippen LogP contribution in [0.2, 0.25) is 0 Å². The van der Waals surface area contributed by atoms with Crippen molar-refractivity contribution in [1.82, 2.24) is 14.5 Å². The minimum atomic E-state index is -0.757. The molecule has 1 aliphatic rings. The number of ether oxygens (including phenoxy) is 1. The van der Waals surface area contributed by atoms with Crippen LogP contribution in [-0.4, -0.2) is 39.0 Å². The molecule has 0 saturated carbocycles. The molecular weight excluding hydrogens is 385 g/mol. The van der Waals surface area contributed by atoms with Crippen molar-refractivity contribution in [1.29, 1.82) is 0 Å². The van der Waals surface area contributed by atoms with E-state index in [4.69, 9.17) is 4.74 Å². The Hall–Kier alpha value is -3.16. The van der Waals surface area contributed by atoms with Crippen molar-refractivity contribution in [2.24, 2.45) is 0 Å². The van der Waals surface area contributed by atoms with Gasteiger partial charge in [0.15, 0.2) is 0 Å². The molecule has 1 aliphatic heterocycles. The molecule has 0 bridgehead atoms. The van der Waals surface area contributed by atoms with Gasteiger partial charge in [-0.25, -0.2) is 9.37 Å². The van der Waals surface area contributed by atoms with E-state index in [0.717, 1.165) is 16.5 Å². The van der Waals surface area contributed by atoms with Gasteiger partial charge in [0.25, 0.3) is 5.56 Å². The summed E-state index contributed by atoms with van der Waals surface area (Å²) in [6.45, 7) is 0.686. The first kappa shape index (κ1) is 18.8. The molecule has 3 heterocycles. The summed E-state index contributed by atoms with van der Waals surface area (Å²) in [5, 5.41) is 11.7. The number of hydrogen-bond acceptors (Lipinski definition) is 5. The lowest BCUT2D eigenvalue weighted by Gasteiger charge is -2.29. The van der Waals surface area contributed by atoms with Crippen molar-refractivity contribution in [3.63, 3.8) is 0 Å². The molecule has 30 heavy (non-hydrogen) atoms. The van der Waals surface area contributed by atoms with Gasteiger partial charge in [0.2, 0.25) is 0 Å². The lowest BCUT2D eigenvalue weighted by atomic mass is 9.98. The van der Waals surface area contributed by atoms with E-state index >= 15 is 0 Å². The third-order valence-corrected chi connectivity index (χ3v) is 5.68. The van der Waals surface area contributed by atoms with Gasteiger partial charge in [-0.2, -0.15) is 0 Å². The largest absolute Gasteiger partial charge is 0.389 e. The zero-order chi connectivity index (χ0) is 20.7. The molecule has 7 heteroatoms. The fraction of sp³-hybridized carbons (Fsp3) is 0.261. The van der Waals surface area contributed by atoms with E-state index in [0.29, 0.717) is 35.9 Å². The van der Waals surface area contributed by atoms with E-state index < -0.39 is 6.10 Å². The van der Waals surface area contributed by atoms with E-state index in [1.165, 1.54) is 23.0 Å². The van der Waals surface area contributed by atoms with Crippen LogP contribution in [0, 0.1) is 5.82 Å². The van der Waals surface area contributed by atoms with E-state index in [9.17, 15) is 14.3 Å². The summed E-state index contributed by atoms with van der Waals surface area (Å²) < 4.78 is 20.1. The summed E-state index contributed by atoms with van der Waals surface area (Å²) in [6, 6.07) is 11.6. The number of benzene rings is 2. The van der Waals surface area contributed by atoms with Crippen molar-refractivity contribution >= 4 is 21.8 Å². The molecule has 0 amide bonds. The first-order valence-corrected chi connectivity index (χ1v) is 9.89. The standard InChI is InChI=1S/C23H20FN3O3/c24-16-5-3-14(4-6-16)10-15-11-18-22(21-17(15)2-1-8-25-21)26-13-27(23(18)29)19-7-9-30-12-20(19)28/h1-6,8,11,13,19-20,28H,7,9-10,12H2/t19-,20-/m0/s1. The molecule has 5 rings (SSSR count). The Bertz CT molecular complexity index is 1290. The second-order valence-electron chi connectivity index (χ2n) is 7.59. The molecule has 2 atom stereocenters. The summed E-state index contributed by atoms with van der Waals surface area (Å²) in [6.07, 6.45) is 3.50. The number of halogens is 1. The Morgan fingerprint density at radius 3 is 2.73 bits per heavy atom. The molecule has 1 saturated heterocycles. The summed E-state index contributed by atoms with van der Waals surface area (Å²) in [5.41, 5.74) is 2.84. The molecule has 6 nitrogen and oxygen atoms in total. The number of pyridine rings is 1. The van der Waals surface area contributed by atoms with Crippen LogP contribution in [-0.2, 0) is 11.2 Å². The predicted molar refractivity (Wildman–Crippen MR) is 111 cm³/mol. The Kier molecular flexibility index (Phi) is 4.77. The lowest BCUT2D eigenvalue weighted by molar-refractivity contribution is -0.0395. The number of fused-ring (bicyclic) bond motifs is 3. The monoisotopic (exact) mass is 405 g/mol. The maximum atomic E-state index is 13.4.